The van der Waals surface area contributed by atoms with Crippen LogP contribution < -0.4 is 11.1 Å². The van der Waals surface area contributed by atoms with Crippen molar-refractivity contribution in [1.29, 1.82) is 0 Å². The van der Waals surface area contributed by atoms with Crippen molar-refractivity contribution >= 4 is 29.3 Å². The summed E-state index contributed by atoms with van der Waals surface area (Å²) in [6.07, 6.45) is 1.50. The van der Waals surface area contributed by atoms with E-state index in [9.17, 15) is 0 Å². The van der Waals surface area contributed by atoms with Gasteiger partial charge in [0.1, 0.15) is 6.33 Å². The summed E-state index contributed by atoms with van der Waals surface area (Å²) in [5, 5.41) is 4.45. The molecule has 5 nitrogen and oxygen atoms in total. The molecule has 0 aliphatic carbocycles. The predicted octanol–water partition coefficient (Wildman–Crippen LogP) is 2.19. The van der Waals surface area contributed by atoms with Gasteiger partial charge < -0.3 is 11.1 Å². The quantitative estimate of drug-likeness (QED) is 0.796. The Kier molecular flexibility index (Phi) is 5.38. The Labute approximate surface area is 121 Å². The van der Waals surface area contributed by atoms with Crippen LogP contribution in [0.2, 0.25) is 5.02 Å². The van der Waals surface area contributed by atoms with Gasteiger partial charge in [0.15, 0.2) is 5.16 Å². The molecule has 0 saturated heterocycles. The Hall–Kier alpha value is -1.37. The Morgan fingerprint density at radius 2 is 2.00 bits per heavy atom. The third kappa shape index (κ3) is 4.66. The number of rotatable bonds is 6. The van der Waals surface area contributed by atoms with Crippen molar-refractivity contribution in [1.82, 2.24) is 15.0 Å². The molecule has 1 heterocycles. The van der Waals surface area contributed by atoms with Crippen molar-refractivity contribution in [3.05, 3.63) is 41.2 Å². The number of nitrogens with zero attached hydrogens (tertiary/aromatic N) is 3. The van der Waals surface area contributed by atoms with E-state index >= 15 is 0 Å². The number of thioether (sulfide) groups is 1. The van der Waals surface area contributed by atoms with Gasteiger partial charge in [0.25, 0.3) is 0 Å². The standard InChI is InChI=1S/C12H14ClN5S/c13-10-3-1-9(2-4-10)7-19-12-17-8-16-11(18-12)15-6-5-14/h1-4,8H,5-7,14H2,(H,15,16,17,18). The first-order valence-electron chi connectivity index (χ1n) is 5.78. The highest BCUT2D eigenvalue weighted by Gasteiger charge is 2.02. The van der Waals surface area contributed by atoms with Gasteiger partial charge in [-0.2, -0.15) is 4.98 Å². The minimum absolute atomic E-state index is 0.541. The minimum Gasteiger partial charge on any atom is -0.353 e. The molecular formula is C12H14ClN5S. The number of anilines is 1. The molecule has 0 saturated carbocycles. The van der Waals surface area contributed by atoms with Crippen LogP contribution in [0.25, 0.3) is 0 Å². The summed E-state index contributed by atoms with van der Waals surface area (Å²) in [5.41, 5.74) is 6.58. The van der Waals surface area contributed by atoms with Gasteiger partial charge in [0, 0.05) is 23.9 Å². The zero-order valence-corrected chi connectivity index (χ0v) is 11.8. The van der Waals surface area contributed by atoms with Gasteiger partial charge in [0.05, 0.1) is 0 Å². The molecule has 0 radical (unpaired) electrons. The molecule has 0 unspecified atom stereocenters. The third-order valence-corrected chi connectivity index (χ3v) is 3.44. The van der Waals surface area contributed by atoms with Gasteiger partial charge in [-0.1, -0.05) is 35.5 Å². The largest absolute Gasteiger partial charge is 0.353 e. The number of hydrogen-bond donors (Lipinski definition) is 2. The van der Waals surface area contributed by atoms with Crippen molar-refractivity contribution in [3.63, 3.8) is 0 Å². The Morgan fingerprint density at radius 3 is 2.74 bits per heavy atom. The number of benzene rings is 1. The van der Waals surface area contributed by atoms with Crippen LogP contribution in [0.3, 0.4) is 0 Å². The van der Waals surface area contributed by atoms with E-state index in [-0.39, 0.29) is 0 Å². The average Bonchev–Trinajstić information content (AvgIpc) is 2.45. The van der Waals surface area contributed by atoms with E-state index in [0.29, 0.717) is 24.2 Å². The zero-order valence-electron chi connectivity index (χ0n) is 10.2. The first kappa shape index (κ1) is 14.0. The highest BCUT2D eigenvalue weighted by molar-refractivity contribution is 7.98. The lowest BCUT2D eigenvalue weighted by Gasteiger charge is -2.04. The molecule has 100 valence electrons. The van der Waals surface area contributed by atoms with E-state index in [1.54, 1.807) is 11.8 Å². The normalized spacial score (nSPS) is 10.4. The Morgan fingerprint density at radius 1 is 1.21 bits per heavy atom. The van der Waals surface area contributed by atoms with E-state index in [2.05, 4.69) is 20.3 Å². The van der Waals surface area contributed by atoms with Crippen molar-refractivity contribution < 1.29 is 0 Å². The van der Waals surface area contributed by atoms with Crippen LogP contribution in [0.15, 0.2) is 35.7 Å². The maximum atomic E-state index is 5.84. The third-order valence-electron chi connectivity index (χ3n) is 2.26. The summed E-state index contributed by atoms with van der Waals surface area (Å²) in [6, 6.07) is 7.73. The average molecular weight is 296 g/mol. The fourth-order valence-electron chi connectivity index (χ4n) is 1.35. The molecule has 7 heteroatoms. The molecule has 0 spiro atoms. The molecule has 0 atom stereocenters. The van der Waals surface area contributed by atoms with E-state index in [1.807, 2.05) is 24.3 Å². The van der Waals surface area contributed by atoms with Crippen LogP contribution in [0, 0.1) is 0 Å². The summed E-state index contributed by atoms with van der Waals surface area (Å²) in [7, 11) is 0. The second-order valence-electron chi connectivity index (χ2n) is 3.72. The van der Waals surface area contributed by atoms with E-state index in [1.165, 1.54) is 11.9 Å². The predicted molar refractivity (Wildman–Crippen MR) is 78.4 cm³/mol. The van der Waals surface area contributed by atoms with Crippen molar-refractivity contribution in [2.75, 3.05) is 18.4 Å². The van der Waals surface area contributed by atoms with Crippen LogP contribution in [-0.2, 0) is 5.75 Å². The first-order valence-corrected chi connectivity index (χ1v) is 7.14. The van der Waals surface area contributed by atoms with Crippen molar-refractivity contribution in [2.45, 2.75) is 10.9 Å². The van der Waals surface area contributed by atoms with Crippen LogP contribution >= 0.6 is 23.4 Å². The van der Waals surface area contributed by atoms with E-state index in [0.717, 1.165) is 10.8 Å². The first-order chi connectivity index (χ1) is 9.28. The molecule has 0 aliphatic rings. The van der Waals surface area contributed by atoms with Crippen LogP contribution in [0.4, 0.5) is 5.95 Å². The lowest BCUT2D eigenvalue weighted by Crippen LogP contribution is -2.15. The second kappa shape index (κ2) is 7.28. The minimum atomic E-state index is 0.541. The van der Waals surface area contributed by atoms with Crippen molar-refractivity contribution in [2.24, 2.45) is 5.73 Å². The molecule has 0 aliphatic heterocycles. The lowest BCUT2D eigenvalue weighted by molar-refractivity contribution is 0.886. The number of nitrogens with two attached hydrogens (primary N) is 1. The molecule has 0 fully saturated rings. The van der Waals surface area contributed by atoms with Crippen LogP contribution in [0.1, 0.15) is 5.56 Å². The summed E-state index contributed by atoms with van der Waals surface area (Å²) in [4.78, 5) is 12.4. The van der Waals surface area contributed by atoms with Gasteiger partial charge in [-0.3, -0.25) is 0 Å². The molecule has 1 aromatic carbocycles. The molecule has 0 amide bonds. The Bertz CT molecular complexity index is 520. The monoisotopic (exact) mass is 295 g/mol. The van der Waals surface area contributed by atoms with E-state index in [4.69, 9.17) is 17.3 Å². The van der Waals surface area contributed by atoms with Gasteiger partial charge in [-0.25, -0.2) is 9.97 Å². The smallest absolute Gasteiger partial charge is 0.226 e. The van der Waals surface area contributed by atoms with Gasteiger partial charge in [0.2, 0.25) is 5.95 Å². The number of halogens is 1. The number of hydrogen-bond acceptors (Lipinski definition) is 6. The SMILES string of the molecule is NCCNc1ncnc(SCc2ccc(Cl)cc2)n1. The molecule has 3 N–H and O–H groups in total. The highest BCUT2D eigenvalue weighted by Crippen LogP contribution is 2.20. The number of aromatic nitrogens is 3. The maximum absolute atomic E-state index is 5.84. The summed E-state index contributed by atoms with van der Waals surface area (Å²) in [5.74, 6) is 1.34. The molecule has 2 rings (SSSR count). The van der Waals surface area contributed by atoms with Crippen LogP contribution in [0.5, 0.6) is 0 Å². The molecule has 0 bridgehead atoms. The summed E-state index contributed by atoms with van der Waals surface area (Å²) in [6.45, 7) is 1.18. The topological polar surface area (TPSA) is 76.7 Å². The zero-order chi connectivity index (χ0) is 13.5. The molecule has 2 aromatic rings. The van der Waals surface area contributed by atoms with Gasteiger partial charge >= 0.3 is 0 Å². The van der Waals surface area contributed by atoms with Gasteiger partial charge in [-0.15, -0.1) is 0 Å². The molecule has 1 aromatic heterocycles. The van der Waals surface area contributed by atoms with Crippen molar-refractivity contribution in [3.8, 4) is 0 Å². The molecule has 19 heavy (non-hydrogen) atoms. The van der Waals surface area contributed by atoms with Gasteiger partial charge in [-0.05, 0) is 17.7 Å². The van der Waals surface area contributed by atoms with Crippen LogP contribution in [-0.4, -0.2) is 28.0 Å². The Balaban J connectivity index is 1.93. The van der Waals surface area contributed by atoms with E-state index < -0.39 is 0 Å². The maximum Gasteiger partial charge on any atom is 0.226 e. The highest BCUT2D eigenvalue weighted by atomic mass is 35.5. The lowest BCUT2D eigenvalue weighted by atomic mass is 10.2. The number of nitrogens with one attached hydrogen (secondary N) is 1. The second-order valence-corrected chi connectivity index (χ2v) is 5.10. The summed E-state index contributed by atoms with van der Waals surface area (Å²) >= 11 is 7.39. The fourth-order valence-corrected chi connectivity index (χ4v) is 2.24. The molecular weight excluding hydrogens is 282 g/mol. The summed E-state index contributed by atoms with van der Waals surface area (Å²) < 4.78 is 0. The fraction of sp³-hybridized carbons (Fsp3) is 0.250.